The maximum Gasteiger partial charge on any atom is 0.315 e. The van der Waals surface area contributed by atoms with E-state index in [1.807, 2.05) is 24.3 Å². The Bertz CT molecular complexity index is 670. The minimum absolute atomic E-state index is 0.0498. The lowest BCUT2D eigenvalue weighted by Gasteiger charge is -2.50. The fourth-order valence-corrected chi connectivity index (χ4v) is 2.92. The van der Waals surface area contributed by atoms with Gasteiger partial charge in [-0.1, -0.05) is 31.2 Å². The molecule has 0 unspecified atom stereocenters. The molecule has 3 saturated heterocycles. The molecule has 21 heavy (non-hydrogen) atoms. The Kier molecular flexibility index (Phi) is 2.76. The zero-order valence-electron chi connectivity index (χ0n) is 12.2. The van der Waals surface area contributed by atoms with E-state index >= 15 is 0 Å². The molecular formula is C17H18O4. The van der Waals surface area contributed by atoms with Crippen molar-refractivity contribution in [2.45, 2.75) is 12.9 Å². The van der Waals surface area contributed by atoms with Crippen LogP contribution in [-0.2, 0) is 20.2 Å². The number of hydrogen-bond donors (Lipinski definition) is 0. The van der Waals surface area contributed by atoms with Crippen LogP contribution in [0.5, 0.6) is 5.75 Å². The fraction of sp³-hybridized carbons (Fsp3) is 0.412. The first-order chi connectivity index (χ1) is 10.1. The van der Waals surface area contributed by atoms with E-state index < -0.39 is 5.97 Å². The quantitative estimate of drug-likeness (QED) is 0.850. The molecule has 0 N–H and O–H groups in total. The molecule has 4 heteroatoms. The van der Waals surface area contributed by atoms with E-state index in [1.165, 1.54) is 0 Å². The van der Waals surface area contributed by atoms with Crippen molar-refractivity contribution in [3.63, 3.8) is 0 Å². The predicted octanol–water partition coefficient (Wildman–Crippen LogP) is 3.04. The number of hydrogen-bond acceptors (Lipinski definition) is 4. The van der Waals surface area contributed by atoms with Crippen molar-refractivity contribution in [1.82, 2.24) is 0 Å². The largest absolute Gasteiger partial charge is 0.496 e. The number of fused-ring (bicyclic) bond motifs is 4. The molecule has 0 aliphatic carbocycles. The second-order valence-corrected chi connectivity index (χ2v) is 6.13. The summed E-state index contributed by atoms with van der Waals surface area (Å²) < 4.78 is 23.3. The topological polar surface area (TPSA) is 36.9 Å². The van der Waals surface area contributed by atoms with E-state index in [0.29, 0.717) is 19.8 Å². The van der Waals surface area contributed by atoms with Crippen molar-refractivity contribution < 1.29 is 18.9 Å². The van der Waals surface area contributed by atoms with Gasteiger partial charge in [0.25, 0.3) is 0 Å². The van der Waals surface area contributed by atoms with E-state index in [-0.39, 0.29) is 5.41 Å². The molecule has 0 saturated carbocycles. The van der Waals surface area contributed by atoms with Gasteiger partial charge in [0.15, 0.2) is 0 Å². The Morgan fingerprint density at radius 3 is 2.10 bits per heavy atom. The van der Waals surface area contributed by atoms with Crippen LogP contribution in [0.4, 0.5) is 0 Å². The third kappa shape index (κ3) is 1.94. The van der Waals surface area contributed by atoms with E-state index in [4.69, 9.17) is 18.9 Å². The normalized spacial score (nSPS) is 31.5. The van der Waals surface area contributed by atoms with Gasteiger partial charge in [0.05, 0.1) is 32.5 Å². The van der Waals surface area contributed by atoms with Crippen LogP contribution >= 0.6 is 0 Å². The number of ether oxygens (including phenoxy) is 4. The van der Waals surface area contributed by atoms with Gasteiger partial charge in [0.2, 0.25) is 0 Å². The molecule has 0 atom stereocenters. The van der Waals surface area contributed by atoms with Crippen LogP contribution in [0.25, 0.3) is 10.8 Å². The van der Waals surface area contributed by atoms with Crippen LogP contribution in [0.2, 0.25) is 0 Å². The Hall–Kier alpha value is -1.62. The third-order valence-electron chi connectivity index (χ3n) is 4.23. The molecule has 0 amide bonds. The highest BCUT2D eigenvalue weighted by Crippen LogP contribution is 2.47. The van der Waals surface area contributed by atoms with Gasteiger partial charge in [0, 0.05) is 5.41 Å². The van der Waals surface area contributed by atoms with Crippen LogP contribution in [-0.4, -0.2) is 26.9 Å². The Morgan fingerprint density at radius 1 is 0.952 bits per heavy atom. The highest BCUT2D eigenvalue weighted by atomic mass is 16.9. The number of methoxy groups -OCH3 is 1. The van der Waals surface area contributed by atoms with Crippen LogP contribution in [0.1, 0.15) is 12.5 Å². The average molecular weight is 286 g/mol. The molecule has 5 rings (SSSR count). The van der Waals surface area contributed by atoms with Gasteiger partial charge < -0.3 is 18.9 Å². The molecule has 0 aromatic heterocycles. The first-order valence-electron chi connectivity index (χ1n) is 7.13. The van der Waals surface area contributed by atoms with Gasteiger partial charge in [-0.2, -0.15) is 0 Å². The molecule has 3 aliphatic heterocycles. The van der Waals surface area contributed by atoms with Crippen LogP contribution in [0, 0.1) is 5.41 Å². The minimum atomic E-state index is -1.13. The van der Waals surface area contributed by atoms with Crippen molar-refractivity contribution in [3.8, 4) is 5.75 Å². The van der Waals surface area contributed by atoms with Crippen molar-refractivity contribution in [3.05, 3.63) is 42.0 Å². The standard InChI is InChI=1S/C17H18O4/c1-16-9-19-17(20-10-16,21-11-16)14-7-12-5-3-4-6-13(12)8-15(14)18-2/h3-8H,9-11H2,1-2H3. The molecule has 2 aromatic rings. The predicted molar refractivity (Wildman–Crippen MR) is 78.1 cm³/mol. The average Bonchev–Trinajstić information content (AvgIpc) is 2.54. The van der Waals surface area contributed by atoms with Crippen LogP contribution < -0.4 is 4.74 Å². The number of benzene rings is 2. The summed E-state index contributed by atoms with van der Waals surface area (Å²) in [6.45, 7) is 3.99. The Labute approximate surface area is 123 Å². The summed E-state index contributed by atoms with van der Waals surface area (Å²) in [5.41, 5.74) is 0.747. The van der Waals surface area contributed by atoms with Gasteiger partial charge in [0.1, 0.15) is 5.75 Å². The van der Waals surface area contributed by atoms with Crippen molar-refractivity contribution in [1.29, 1.82) is 0 Å². The van der Waals surface area contributed by atoms with Crippen molar-refractivity contribution in [2.75, 3.05) is 26.9 Å². The maximum absolute atomic E-state index is 5.92. The van der Waals surface area contributed by atoms with E-state index in [0.717, 1.165) is 22.1 Å². The monoisotopic (exact) mass is 286 g/mol. The summed E-state index contributed by atoms with van der Waals surface area (Å²) in [4.78, 5) is 0. The highest BCUT2D eigenvalue weighted by molar-refractivity contribution is 5.85. The zero-order valence-corrected chi connectivity index (χ0v) is 12.2. The molecular weight excluding hydrogens is 268 g/mol. The van der Waals surface area contributed by atoms with E-state index in [1.54, 1.807) is 7.11 Å². The number of rotatable bonds is 2. The van der Waals surface area contributed by atoms with Crippen LogP contribution in [0.3, 0.4) is 0 Å². The lowest BCUT2D eigenvalue weighted by atomic mass is 9.90. The van der Waals surface area contributed by atoms with Gasteiger partial charge in [-0.15, -0.1) is 0 Å². The van der Waals surface area contributed by atoms with Crippen molar-refractivity contribution in [2.24, 2.45) is 5.41 Å². The summed E-state index contributed by atoms with van der Waals surface area (Å²) in [6.07, 6.45) is 0. The lowest BCUT2D eigenvalue weighted by Crippen LogP contribution is -2.57. The summed E-state index contributed by atoms with van der Waals surface area (Å²) in [6, 6.07) is 12.2. The van der Waals surface area contributed by atoms with E-state index in [9.17, 15) is 0 Å². The molecule has 0 spiro atoms. The van der Waals surface area contributed by atoms with Gasteiger partial charge in [-0.25, -0.2) is 0 Å². The minimum Gasteiger partial charge on any atom is -0.496 e. The summed E-state index contributed by atoms with van der Waals surface area (Å²) in [7, 11) is 1.65. The van der Waals surface area contributed by atoms with Crippen LogP contribution in [0.15, 0.2) is 36.4 Å². The Balaban J connectivity index is 1.85. The second kappa shape index (κ2) is 4.44. The van der Waals surface area contributed by atoms with Crippen molar-refractivity contribution >= 4 is 10.8 Å². The molecule has 110 valence electrons. The van der Waals surface area contributed by atoms with Gasteiger partial charge in [-0.05, 0) is 22.9 Å². The molecule has 2 aromatic carbocycles. The lowest BCUT2D eigenvalue weighted by molar-refractivity contribution is -0.477. The second-order valence-electron chi connectivity index (χ2n) is 6.13. The molecule has 4 nitrogen and oxygen atoms in total. The summed E-state index contributed by atoms with van der Waals surface area (Å²) >= 11 is 0. The SMILES string of the molecule is COc1cc2ccccc2cc1C12OCC(C)(CO1)CO2. The highest BCUT2D eigenvalue weighted by Gasteiger charge is 2.52. The van der Waals surface area contributed by atoms with Gasteiger partial charge in [-0.3, -0.25) is 0 Å². The fourth-order valence-electron chi connectivity index (χ4n) is 2.92. The Morgan fingerprint density at radius 2 is 1.52 bits per heavy atom. The summed E-state index contributed by atoms with van der Waals surface area (Å²) in [5, 5.41) is 2.23. The first kappa shape index (κ1) is 13.1. The molecule has 2 bridgehead atoms. The van der Waals surface area contributed by atoms with Gasteiger partial charge >= 0.3 is 5.97 Å². The summed E-state index contributed by atoms with van der Waals surface area (Å²) in [5.74, 6) is -0.410. The molecule has 0 radical (unpaired) electrons. The maximum atomic E-state index is 5.92. The van der Waals surface area contributed by atoms with E-state index in [2.05, 4.69) is 19.1 Å². The third-order valence-corrected chi connectivity index (χ3v) is 4.23. The first-order valence-corrected chi connectivity index (χ1v) is 7.13. The molecule has 3 aliphatic rings. The smallest absolute Gasteiger partial charge is 0.315 e. The molecule has 3 fully saturated rings. The zero-order chi connectivity index (χ0) is 14.5. The molecule has 3 heterocycles.